The van der Waals surface area contributed by atoms with Crippen LogP contribution in [0.2, 0.25) is 0 Å². The number of para-hydroxylation sites is 1. The zero-order valence-electron chi connectivity index (χ0n) is 10.6. The van der Waals surface area contributed by atoms with Gasteiger partial charge in [0.1, 0.15) is 23.4 Å². The zero-order chi connectivity index (χ0) is 14.5. The van der Waals surface area contributed by atoms with Gasteiger partial charge in [-0.15, -0.1) is 0 Å². The molecule has 1 unspecified atom stereocenters. The van der Waals surface area contributed by atoms with Gasteiger partial charge in [-0.25, -0.2) is 4.39 Å². The number of rotatable bonds is 5. The minimum Gasteiger partial charge on any atom is -0.480 e. The molecule has 0 aliphatic carbocycles. The van der Waals surface area contributed by atoms with Gasteiger partial charge in [-0.2, -0.15) is 0 Å². The Bertz CT molecular complexity index is 601. The van der Waals surface area contributed by atoms with E-state index in [1.54, 1.807) is 30.3 Å². The molecular formula is C15H14FNO3. The molecule has 2 aromatic rings. The van der Waals surface area contributed by atoms with Gasteiger partial charge >= 0.3 is 5.97 Å². The van der Waals surface area contributed by atoms with Gasteiger partial charge in [-0.3, -0.25) is 4.79 Å². The average Bonchev–Trinajstić information content (AvgIpc) is 2.43. The Morgan fingerprint density at radius 2 is 1.90 bits per heavy atom. The number of carboxylic acid groups (broad SMARTS) is 1. The minimum absolute atomic E-state index is 0.135. The van der Waals surface area contributed by atoms with Crippen LogP contribution >= 0.6 is 0 Å². The predicted octanol–water partition coefficient (Wildman–Crippen LogP) is 2.57. The van der Waals surface area contributed by atoms with Crippen molar-refractivity contribution in [1.82, 2.24) is 0 Å². The highest BCUT2D eigenvalue weighted by Gasteiger charge is 2.18. The maximum absolute atomic E-state index is 13.8. The van der Waals surface area contributed by atoms with Crippen molar-refractivity contribution in [3.63, 3.8) is 0 Å². The van der Waals surface area contributed by atoms with E-state index in [1.807, 2.05) is 6.07 Å². The monoisotopic (exact) mass is 275 g/mol. The van der Waals surface area contributed by atoms with Crippen LogP contribution < -0.4 is 10.5 Å². The van der Waals surface area contributed by atoms with Crippen molar-refractivity contribution in [1.29, 1.82) is 0 Å². The van der Waals surface area contributed by atoms with Gasteiger partial charge in [0.15, 0.2) is 0 Å². The van der Waals surface area contributed by atoms with Crippen LogP contribution in [0.15, 0.2) is 48.5 Å². The molecule has 0 fully saturated rings. The fourth-order valence-electron chi connectivity index (χ4n) is 1.76. The van der Waals surface area contributed by atoms with Crippen LogP contribution in [0.3, 0.4) is 0 Å². The van der Waals surface area contributed by atoms with Gasteiger partial charge < -0.3 is 15.6 Å². The van der Waals surface area contributed by atoms with Crippen molar-refractivity contribution in [3.05, 3.63) is 59.9 Å². The van der Waals surface area contributed by atoms with Gasteiger partial charge in [0.05, 0.1) is 0 Å². The molecule has 0 saturated heterocycles. The summed E-state index contributed by atoms with van der Waals surface area (Å²) in [4.78, 5) is 10.8. The summed E-state index contributed by atoms with van der Waals surface area (Å²) in [5.74, 6) is -0.898. The molecule has 2 aromatic carbocycles. The molecule has 0 amide bonds. The average molecular weight is 275 g/mol. The molecule has 0 aromatic heterocycles. The third-order valence-corrected chi connectivity index (χ3v) is 2.79. The zero-order valence-corrected chi connectivity index (χ0v) is 10.6. The summed E-state index contributed by atoms with van der Waals surface area (Å²) in [6, 6.07) is 12.0. The molecule has 104 valence electrons. The summed E-state index contributed by atoms with van der Waals surface area (Å²) in [6.45, 7) is 0. The standard InChI is InChI=1S/C15H14FNO3/c16-12-7-4-8-14(11(12)9-13(17)15(18)19)20-10-5-2-1-3-6-10/h1-8,13H,9,17H2,(H,18,19). The van der Waals surface area contributed by atoms with Crippen molar-refractivity contribution in [3.8, 4) is 11.5 Å². The van der Waals surface area contributed by atoms with Crippen molar-refractivity contribution >= 4 is 5.97 Å². The number of halogens is 1. The molecule has 0 aliphatic rings. The Kier molecular flexibility index (Phi) is 4.32. The fourth-order valence-corrected chi connectivity index (χ4v) is 1.76. The van der Waals surface area contributed by atoms with Crippen LogP contribution in [0.5, 0.6) is 11.5 Å². The molecule has 5 heteroatoms. The Labute approximate surface area is 115 Å². The molecule has 3 N–H and O–H groups in total. The first-order chi connectivity index (χ1) is 9.58. The second kappa shape index (κ2) is 6.16. The van der Waals surface area contributed by atoms with Crippen LogP contribution in [0.4, 0.5) is 4.39 Å². The number of carboxylic acids is 1. The highest BCUT2D eigenvalue weighted by atomic mass is 19.1. The molecule has 0 radical (unpaired) electrons. The SMILES string of the molecule is NC(Cc1c(F)cccc1Oc1ccccc1)C(=O)O. The maximum atomic E-state index is 13.8. The van der Waals surface area contributed by atoms with Crippen LogP contribution in [-0.4, -0.2) is 17.1 Å². The van der Waals surface area contributed by atoms with E-state index < -0.39 is 17.8 Å². The fraction of sp³-hybridized carbons (Fsp3) is 0.133. The van der Waals surface area contributed by atoms with E-state index in [1.165, 1.54) is 12.1 Å². The van der Waals surface area contributed by atoms with Gasteiger partial charge in [0, 0.05) is 12.0 Å². The van der Waals surface area contributed by atoms with Gasteiger partial charge in [0.25, 0.3) is 0 Å². The molecule has 0 bridgehead atoms. The van der Waals surface area contributed by atoms with Crippen molar-refractivity contribution < 1.29 is 19.0 Å². The molecule has 0 saturated carbocycles. The first-order valence-corrected chi connectivity index (χ1v) is 6.06. The second-order valence-electron chi connectivity index (χ2n) is 4.28. The number of benzene rings is 2. The van der Waals surface area contributed by atoms with Crippen LogP contribution in [0.25, 0.3) is 0 Å². The number of carbonyl (C=O) groups is 1. The maximum Gasteiger partial charge on any atom is 0.320 e. The quantitative estimate of drug-likeness (QED) is 0.879. The molecule has 1 atom stereocenters. The molecular weight excluding hydrogens is 261 g/mol. The van der Waals surface area contributed by atoms with Gasteiger partial charge in [-0.05, 0) is 24.3 Å². The Balaban J connectivity index is 2.29. The number of ether oxygens (including phenoxy) is 1. The van der Waals surface area contributed by atoms with E-state index in [0.717, 1.165) is 0 Å². The molecule has 0 heterocycles. The molecule has 20 heavy (non-hydrogen) atoms. The summed E-state index contributed by atoms with van der Waals surface area (Å²) < 4.78 is 19.4. The summed E-state index contributed by atoms with van der Waals surface area (Å²) >= 11 is 0. The number of nitrogens with two attached hydrogens (primary N) is 1. The summed E-state index contributed by atoms with van der Waals surface area (Å²) in [5, 5.41) is 8.83. The lowest BCUT2D eigenvalue weighted by atomic mass is 10.0. The van der Waals surface area contributed by atoms with Gasteiger partial charge in [0.2, 0.25) is 0 Å². The predicted molar refractivity (Wildman–Crippen MR) is 72.2 cm³/mol. The lowest BCUT2D eigenvalue weighted by Crippen LogP contribution is -2.32. The second-order valence-corrected chi connectivity index (χ2v) is 4.28. The van der Waals surface area contributed by atoms with Crippen molar-refractivity contribution in [2.75, 3.05) is 0 Å². The summed E-state index contributed by atoms with van der Waals surface area (Å²) in [6.07, 6.45) is -0.135. The summed E-state index contributed by atoms with van der Waals surface area (Å²) in [7, 11) is 0. The lowest BCUT2D eigenvalue weighted by Gasteiger charge is -2.13. The first-order valence-electron chi connectivity index (χ1n) is 6.06. The molecule has 4 nitrogen and oxygen atoms in total. The normalized spacial score (nSPS) is 11.9. The van der Waals surface area contributed by atoms with Crippen LogP contribution in [0, 0.1) is 5.82 Å². The lowest BCUT2D eigenvalue weighted by molar-refractivity contribution is -0.138. The van der Waals surface area contributed by atoms with Crippen LogP contribution in [-0.2, 0) is 11.2 Å². The van der Waals surface area contributed by atoms with Crippen LogP contribution in [0.1, 0.15) is 5.56 Å². The minimum atomic E-state index is -1.18. The highest BCUT2D eigenvalue weighted by Crippen LogP contribution is 2.27. The van der Waals surface area contributed by atoms with E-state index in [2.05, 4.69) is 0 Å². The van der Waals surface area contributed by atoms with Crippen molar-refractivity contribution in [2.45, 2.75) is 12.5 Å². The van der Waals surface area contributed by atoms with E-state index in [-0.39, 0.29) is 17.7 Å². The summed E-state index contributed by atoms with van der Waals surface area (Å²) in [5.41, 5.74) is 5.62. The van der Waals surface area contributed by atoms with E-state index in [4.69, 9.17) is 15.6 Å². The molecule has 0 aliphatic heterocycles. The first kappa shape index (κ1) is 14.0. The Morgan fingerprint density at radius 3 is 2.55 bits per heavy atom. The molecule has 0 spiro atoms. The Hall–Kier alpha value is -2.40. The number of hydrogen-bond acceptors (Lipinski definition) is 3. The number of hydrogen-bond donors (Lipinski definition) is 2. The largest absolute Gasteiger partial charge is 0.480 e. The molecule has 2 rings (SSSR count). The number of aliphatic carboxylic acids is 1. The van der Waals surface area contributed by atoms with E-state index in [0.29, 0.717) is 5.75 Å². The Morgan fingerprint density at radius 1 is 1.20 bits per heavy atom. The van der Waals surface area contributed by atoms with Gasteiger partial charge in [-0.1, -0.05) is 24.3 Å². The third-order valence-electron chi connectivity index (χ3n) is 2.79. The highest BCUT2D eigenvalue weighted by molar-refractivity contribution is 5.73. The van der Waals surface area contributed by atoms with E-state index in [9.17, 15) is 9.18 Å². The third kappa shape index (κ3) is 3.33. The van der Waals surface area contributed by atoms with Crippen molar-refractivity contribution in [2.24, 2.45) is 5.73 Å². The smallest absolute Gasteiger partial charge is 0.320 e. The topological polar surface area (TPSA) is 72.5 Å². The van der Waals surface area contributed by atoms with E-state index >= 15 is 0 Å².